The molecule has 0 saturated carbocycles. The molecule has 0 saturated heterocycles. The van der Waals surface area contributed by atoms with Crippen LogP contribution in [0.5, 0.6) is 0 Å². The lowest BCUT2D eigenvalue weighted by molar-refractivity contribution is -0.161. The minimum absolute atomic E-state index is 0.106. The van der Waals surface area contributed by atoms with Gasteiger partial charge in [0.05, 0.1) is 26.4 Å². The maximum absolute atomic E-state index is 13.1. The molecular formula is C73H142O17P2. The van der Waals surface area contributed by atoms with E-state index in [2.05, 4.69) is 48.5 Å². The van der Waals surface area contributed by atoms with Crippen molar-refractivity contribution in [2.75, 3.05) is 39.6 Å². The van der Waals surface area contributed by atoms with Crippen LogP contribution in [0.2, 0.25) is 0 Å². The Kier molecular flexibility index (Phi) is 62.4. The molecule has 0 bridgehead atoms. The number of ether oxygens (including phenoxy) is 4. The predicted octanol–water partition coefficient (Wildman–Crippen LogP) is 21.0. The molecule has 0 fully saturated rings. The molecule has 0 aliphatic carbocycles. The molecule has 0 aromatic heterocycles. The molecule has 5 atom stereocenters. The van der Waals surface area contributed by atoms with Gasteiger partial charge in [0.2, 0.25) is 0 Å². The van der Waals surface area contributed by atoms with Crippen LogP contribution in [0.1, 0.15) is 370 Å². The van der Waals surface area contributed by atoms with Crippen LogP contribution in [0.4, 0.5) is 0 Å². The zero-order chi connectivity index (χ0) is 68.0. The van der Waals surface area contributed by atoms with Gasteiger partial charge in [0.1, 0.15) is 19.3 Å². The Balaban J connectivity index is 5.25. The molecule has 0 heterocycles. The van der Waals surface area contributed by atoms with Crippen molar-refractivity contribution >= 4 is 39.5 Å². The molecule has 0 radical (unpaired) electrons. The van der Waals surface area contributed by atoms with Gasteiger partial charge >= 0.3 is 39.5 Å². The Labute approximate surface area is 562 Å². The number of aliphatic hydroxyl groups is 1. The molecule has 19 heteroatoms. The van der Waals surface area contributed by atoms with Crippen molar-refractivity contribution in [2.24, 2.45) is 17.8 Å². The third-order valence-electron chi connectivity index (χ3n) is 16.9. The van der Waals surface area contributed by atoms with Gasteiger partial charge in [-0.3, -0.25) is 37.3 Å². The van der Waals surface area contributed by atoms with Crippen LogP contribution in [0.15, 0.2) is 0 Å². The summed E-state index contributed by atoms with van der Waals surface area (Å²) in [6.07, 6.45) is 48.5. The van der Waals surface area contributed by atoms with Gasteiger partial charge < -0.3 is 33.8 Å². The van der Waals surface area contributed by atoms with Gasteiger partial charge in [0.25, 0.3) is 0 Å². The number of hydrogen-bond acceptors (Lipinski definition) is 15. The highest BCUT2D eigenvalue weighted by Gasteiger charge is 2.30. The van der Waals surface area contributed by atoms with Gasteiger partial charge in [-0.15, -0.1) is 0 Å². The number of unbranched alkanes of at least 4 members (excludes halogenated alkanes) is 39. The number of carbonyl (C=O) groups is 4. The Bertz CT molecular complexity index is 1800. The van der Waals surface area contributed by atoms with Crippen LogP contribution in [-0.4, -0.2) is 96.7 Å². The van der Waals surface area contributed by atoms with Crippen LogP contribution < -0.4 is 0 Å². The fraction of sp³-hybridized carbons (Fsp3) is 0.945. The number of rotatable bonds is 71. The first-order chi connectivity index (χ1) is 44.2. The molecule has 17 nitrogen and oxygen atoms in total. The minimum Gasteiger partial charge on any atom is -0.462 e. The summed E-state index contributed by atoms with van der Waals surface area (Å²) in [7, 11) is -9.91. The van der Waals surface area contributed by atoms with E-state index in [4.69, 9.17) is 37.0 Å². The predicted molar refractivity (Wildman–Crippen MR) is 372 cm³/mol. The minimum atomic E-state index is -4.95. The number of carbonyl (C=O) groups excluding carboxylic acids is 4. The quantitative estimate of drug-likeness (QED) is 0.0222. The fourth-order valence-corrected chi connectivity index (χ4v) is 12.7. The van der Waals surface area contributed by atoms with E-state index in [1.54, 1.807) is 0 Å². The Morgan fingerprint density at radius 3 is 0.739 bits per heavy atom. The van der Waals surface area contributed by atoms with Crippen LogP contribution in [0.25, 0.3) is 0 Å². The van der Waals surface area contributed by atoms with Crippen molar-refractivity contribution in [3.05, 3.63) is 0 Å². The standard InChI is InChI=1S/C73H142O17P2/c1-8-9-10-11-12-23-33-40-47-54-70(75)83-60-68(89-73(78)57-50-43-36-29-22-16-19-26-32-39-46-53-66(6)7)62-87-91(79,80)85-58-67(74)59-86-92(81,82)88-63-69(61-84-71(76)55-48-41-34-27-21-15-18-25-31-38-45-52-65(4)5)90-72(77)56-49-42-35-28-20-14-13-17-24-30-37-44-51-64(2)3/h64-69,74H,8-63H2,1-7H3,(H,79,80)(H,81,82)/t67-,68+,69+/m0/s1. The van der Waals surface area contributed by atoms with Crippen molar-refractivity contribution in [1.82, 2.24) is 0 Å². The van der Waals surface area contributed by atoms with Gasteiger partial charge in [-0.05, 0) is 43.4 Å². The Hall–Kier alpha value is -1.94. The maximum Gasteiger partial charge on any atom is 0.472 e. The summed E-state index contributed by atoms with van der Waals surface area (Å²) in [5.74, 6) is 0.191. The third-order valence-corrected chi connectivity index (χ3v) is 18.8. The number of hydrogen-bond donors (Lipinski definition) is 3. The van der Waals surface area contributed by atoms with E-state index >= 15 is 0 Å². The molecular weight excluding hydrogens is 1210 g/mol. The van der Waals surface area contributed by atoms with E-state index < -0.39 is 97.5 Å². The second-order valence-electron chi connectivity index (χ2n) is 27.8. The van der Waals surface area contributed by atoms with E-state index in [0.29, 0.717) is 25.7 Å². The second kappa shape index (κ2) is 63.8. The number of phosphoric ester groups is 2. The molecule has 0 aromatic carbocycles. The zero-order valence-corrected chi connectivity index (χ0v) is 61.8. The molecule has 0 aliphatic rings. The number of aliphatic hydroxyl groups excluding tert-OH is 1. The highest BCUT2D eigenvalue weighted by molar-refractivity contribution is 7.47. The smallest absolute Gasteiger partial charge is 0.462 e. The summed E-state index contributed by atoms with van der Waals surface area (Å²) >= 11 is 0. The van der Waals surface area contributed by atoms with Crippen LogP contribution in [-0.2, 0) is 65.4 Å². The van der Waals surface area contributed by atoms with Gasteiger partial charge in [-0.1, -0.05) is 318 Å². The summed E-state index contributed by atoms with van der Waals surface area (Å²) in [6.45, 7) is 11.9. The van der Waals surface area contributed by atoms with E-state index in [1.807, 2.05) is 0 Å². The topological polar surface area (TPSA) is 237 Å². The molecule has 0 aromatic rings. The van der Waals surface area contributed by atoms with Crippen molar-refractivity contribution in [1.29, 1.82) is 0 Å². The Morgan fingerprint density at radius 2 is 0.500 bits per heavy atom. The molecule has 546 valence electrons. The Morgan fingerprint density at radius 1 is 0.293 bits per heavy atom. The van der Waals surface area contributed by atoms with Gasteiger partial charge in [0, 0.05) is 25.7 Å². The first kappa shape index (κ1) is 90.1. The molecule has 0 aliphatic heterocycles. The first-order valence-corrected chi connectivity index (χ1v) is 40.8. The first-order valence-electron chi connectivity index (χ1n) is 37.8. The average molecular weight is 1350 g/mol. The van der Waals surface area contributed by atoms with Gasteiger partial charge in [-0.25, -0.2) is 9.13 Å². The fourth-order valence-electron chi connectivity index (χ4n) is 11.1. The summed E-state index contributed by atoms with van der Waals surface area (Å²) < 4.78 is 68.4. The molecule has 0 amide bonds. The van der Waals surface area contributed by atoms with Crippen molar-refractivity contribution in [3.63, 3.8) is 0 Å². The van der Waals surface area contributed by atoms with Gasteiger partial charge in [0.15, 0.2) is 12.2 Å². The summed E-state index contributed by atoms with van der Waals surface area (Å²) in [5.41, 5.74) is 0. The lowest BCUT2D eigenvalue weighted by Crippen LogP contribution is -2.30. The van der Waals surface area contributed by atoms with Crippen LogP contribution in [0, 0.1) is 17.8 Å². The second-order valence-corrected chi connectivity index (χ2v) is 30.7. The molecule has 0 rings (SSSR count). The van der Waals surface area contributed by atoms with E-state index in [1.165, 1.54) is 180 Å². The van der Waals surface area contributed by atoms with E-state index in [0.717, 1.165) is 108 Å². The summed E-state index contributed by atoms with van der Waals surface area (Å²) in [5, 5.41) is 10.6. The van der Waals surface area contributed by atoms with Gasteiger partial charge in [-0.2, -0.15) is 0 Å². The number of esters is 4. The van der Waals surface area contributed by atoms with E-state index in [9.17, 15) is 43.2 Å². The van der Waals surface area contributed by atoms with Crippen LogP contribution >= 0.6 is 15.6 Å². The van der Waals surface area contributed by atoms with Crippen molar-refractivity contribution in [2.45, 2.75) is 388 Å². The molecule has 0 spiro atoms. The zero-order valence-electron chi connectivity index (χ0n) is 60.0. The largest absolute Gasteiger partial charge is 0.472 e. The maximum atomic E-state index is 13.1. The van der Waals surface area contributed by atoms with Crippen LogP contribution in [0.3, 0.4) is 0 Å². The SMILES string of the molecule is CCCCCCCCCCCC(=O)OC[C@H](COP(=O)(O)OC[C@H](O)COP(=O)(O)OC[C@@H](COC(=O)CCCCCCCCCCCCCC(C)C)OC(=O)CCCCCCCCCCCCCCC(C)C)OC(=O)CCCCCCCCCCCCCC(C)C. The van der Waals surface area contributed by atoms with Crippen molar-refractivity contribution in [3.8, 4) is 0 Å². The molecule has 3 N–H and O–H groups in total. The third kappa shape index (κ3) is 66.7. The lowest BCUT2D eigenvalue weighted by Gasteiger charge is -2.21. The van der Waals surface area contributed by atoms with Crippen molar-refractivity contribution < 1.29 is 80.2 Å². The highest BCUT2D eigenvalue weighted by atomic mass is 31.2. The number of phosphoric acid groups is 2. The lowest BCUT2D eigenvalue weighted by atomic mass is 10.0. The molecule has 2 unspecified atom stereocenters. The normalized spacial score (nSPS) is 14.1. The summed E-state index contributed by atoms with van der Waals surface area (Å²) in [4.78, 5) is 72.7. The highest BCUT2D eigenvalue weighted by Crippen LogP contribution is 2.45. The average Bonchev–Trinajstić information content (AvgIpc) is 1.42. The van der Waals surface area contributed by atoms with E-state index in [-0.39, 0.29) is 25.7 Å². The molecule has 92 heavy (non-hydrogen) atoms. The summed E-state index contributed by atoms with van der Waals surface area (Å²) in [6, 6.07) is 0. The monoisotopic (exact) mass is 1350 g/mol.